The first kappa shape index (κ1) is 14.4. The molecule has 1 saturated carbocycles. The van der Waals surface area contributed by atoms with Gasteiger partial charge in [0.1, 0.15) is 6.04 Å². The molecule has 21 heavy (non-hydrogen) atoms. The number of halogens is 1. The lowest BCUT2D eigenvalue weighted by molar-refractivity contribution is -0.138. The van der Waals surface area contributed by atoms with Crippen molar-refractivity contribution in [2.75, 3.05) is 4.90 Å². The molecular formula is C16H17BrN2O2. The SMILES string of the molecule is N#Cc1ccc(N2C(C(=O)O)CC3CCCCC32)c(Br)c1. The van der Waals surface area contributed by atoms with Crippen LogP contribution in [0.5, 0.6) is 0 Å². The molecule has 0 aromatic heterocycles. The quantitative estimate of drug-likeness (QED) is 0.887. The minimum atomic E-state index is -0.749. The third-order valence-corrected chi connectivity index (χ3v) is 5.36. The molecule has 2 aliphatic rings. The summed E-state index contributed by atoms with van der Waals surface area (Å²) in [6.45, 7) is 0. The lowest BCUT2D eigenvalue weighted by Crippen LogP contribution is -2.42. The minimum Gasteiger partial charge on any atom is -0.480 e. The maximum Gasteiger partial charge on any atom is 0.326 e. The Hall–Kier alpha value is -1.54. The zero-order chi connectivity index (χ0) is 15.0. The number of nitrogens with zero attached hydrogens (tertiary/aromatic N) is 2. The number of hydrogen-bond donors (Lipinski definition) is 1. The zero-order valence-corrected chi connectivity index (χ0v) is 13.2. The van der Waals surface area contributed by atoms with Crippen LogP contribution in [0.15, 0.2) is 22.7 Å². The minimum absolute atomic E-state index is 0.309. The maximum atomic E-state index is 11.7. The molecular weight excluding hydrogens is 332 g/mol. The highest BCUT2D eigenvalue weighted by molar-refractivity contribution is 9.10. The van der Waals surface area contributed by atoms with Crippen molar-refractivity contribution in [3.63, 3.8) is 0 Å². The van der Waals surface area contributed by atoms with E-state index in [1.165, 1.54) is 6.42 Å². The molecule has 1 N–H and O–H groups in total. The second kappa shape index (κ2) is 5.69. The number of fused-ring (bicyclic) bond motifs is 1. The molecule has 1 heterocycles. The Bertz CT molecular complexity index is 611. The number of hydrogen-bond acceptors (Lipinski definition) is 3. The van der Waals surface area contributed by atoms with Crippen LogP contribution in [-0.4, -0.2) is 23.2 Å². The Balaban J connectivity index is 2.00. The van der Waals surface area contributed by atoms with E-state index in [0.29, 0.717) is 17.5 Å². The van der Waals surface area contributed by atoms with E-state index in [-0.39, 0.29) is 0 Å². The van der Waals surface area contributed by atoms with Gasteiger partial charge in [0.25, 0.3) is 0 Å². The van der Waals surface area contributed by atoms with Crippen LogP contribution >= 0.6 is 15.9 Å². The van der Waals surface area contributed by atoms with Gasteiger partial charge in [0.15, 0.2) is 0 Å². The van der Waals surface area contributed by atoms with Crippen molar-refractivity contribution >= 4 is 27.6 Å². The van der Waals surface area contributed by atoms with Gasteiger partial charge in [-0.05, 0) is 59.3 Å². The van der Waals surface area contributed by atoms with Gasteiger partial charge in [-0.3, -0.25) is 0 Å². The Labute approximate surface area is 132 Å². The molecule has 1 aromatic rings. The largest absolute Gasteiger partial charge is 0.480 e. The maximum absolute atomic E-state index is 11.7. The lowest BCUT2D eigenvalue weighted by Gasteiger charge is -2.35. The summed E-state index contributed by atoms with van der Waals surface area (Å²) >= 11 is 3.51. The molecule has 1 aliphatic carbocycles. The fourth-order valence-electron chi connectivity index (χ4n) is 3.81. The molecule has 0 spiro atoms. The van der Waals surface area contributed by atoms with Crippen LogP contribution in [0.3, 0.4) is 0 Å². The molecule has 3 atom stereocenters. The fraction of sp³-hybridized carbons (Fsp3) is 0.500. The van der Waals surface area contributed by atoms with Gasteiger partial charge in [-0.1, -0.05) is 12.8 Å². The van der Waals surface area contributed by atoms with E-state index in [4.69, 9.17) is 5.26 Å². The molecule has 0 amide bonds. The summed E-state index contributed by atoms with van der Waals surface area (Å²) in [5, 5.41) is 18.5. The molecule has 5 heteroatoms. The van der Waals surface area contributed by atoms with Gasteiger partial charge < -0.3 is 10.0 Å². The normalized spacial score (nSPS) is 28.0. The Morgan fingerprint density at radius 3 is 2.81 bits per heavy atom. The molecule has 1 aromatic carbocycles. The van der Waals surface area contributed by atoms with E-state index < -0.39 is 12.0 Å². The van der Waals surface area contributed by atoms with Gasteiger partial charge in [-0.2, -0.15) is 5.26 Å². The van der Waals surface area contributed by atoms with Gasteiger partial charge in [-0.25, -0.2) is 4.79 Å². The highest BCUT2D eigenvalue weighted by atomic mass is 79.9. The summed E-state index contributed by atoms with van der Waals surface area (Å²) in [7, 11) is 0. The van der Waals surface area contributed by atoms with Crippen molar-refractivity contribution in [3.05, 3.63) is 28.2 Å². The highest BCUT2D eigenvalue weighted by Crippen LogP contribution is 2.44. The number of benzene rings is 1. The van der Waals surface area contributed by atoms with E-state index in [2.05, 4.69) is 26.9 Å². The lowest BCUT2D eigenvalue weighted by atomic mass is 9.84. The van der Waals surface area contributed by atoms with E-state index in [9.17, 15) is 9.90 Å². The number of anilines is 1. The molecule has 3 rings (SSSR count). The second-order valence-electron chi connectivity index (χ2n) is 5.89. The molecule has 1 saturated heterocycles. The van der Waals surface area contributed by atoms with E-state index in [0.717, 1.165) is 35.8 Å². The topological polar surface area (TPSA) is 64.3 Å². The Morgan fingerprint density at radius 2 is 2.14 bits per heavy atom. The first-order valence-electron chi connectivity index (χ1n) is 7.32. The molecule has 2 fully saturated rings. The number of carbonyl (C=O) groups is 1. The fourth-order valence-corrected chi connectivity index (χ4v) is 4.40. The van der Waals surface area contributed by atoms with Gasteiger partial charge in [-0.15, -0.1) is 0 Å². The number of nitriles is 1. The van der Waals surface area contributed by atoms with Gasteiger partial charge in [0.2, 0.25) is 0 Å². The molecule has 3 unspecified atom stereocenters. The number of carboxylic acid groups (broad SMARTS) is 1. The summed E-state index contributed by atoms with van der Waals surface area (Å²) in [5.74, 6) is -0.275. The van der Waals surface area contributed by atoms with Crippen molar-refractivity contribution in [2.24, 2.45) is 5.92 Å². The summed E-state index contributed by atoms with van der Waals surface area (Å²) in [6, 6.07) is 7.36. The highest BCUT2D eigenvalue weighted by Gasteiger charge is 2.45. The first-order valence-corrected chi connectivity index (χ1v) is 8.12. The van der Waals surface area contributed by atoms with E-state index in [1.807, 2.05) is 6.07 Å². The predicted octanol–water partition coefficient (Wildman–Crippen LogP) is 3.54. The molecule has 0 radical (unpaired) electrons. The molecule has 1 aliphatic heterocycles. The number of aliphatic carboxylic acids is 1. The third-order valence-electron chi connectivity index (χ3n) is 4.73. The molecule has 0 bridgehead atoms. The summed E-state index contributed by atoms with van der Waals surface area (Å²) in [5.41, 5.74) is 1.48. The predicted molar refractivity (Wildman–Crippen MR) is 83.1 cm³/mol. The standard InChI is InChI=1S/C16H17BrN2O2/c17-12-7-10(9-18)5-6-14(12)19-13-4-2-1-3-11(13)8-15(19)16(20)21/h5-7,11,13,15H,1-4,8H2,(H,20,21). The zero-order valence-electron chi connectivity index (χ0n) is 11.6. The molecule has 4 nitrogen and oxygen atoms in total. The van der Waals surface area contributed by atoms with Crippen molar-refractivity contribution < 1.29 is 9.90 Å². The number of rotatable bonds is 2. The van der Waals surface area contributed by atoms with Gasteiger partial charge in [0.05, 0.1) is 17.3 Å². The van der Waals surface area contributed by atoms with Crippen molar-refractivity contribution in [1.82, 2.24) is 0 Å². The van der Waals surface area contributed by atoms with Crippen molar-refractivity contribution in [3.8, 4) is 6.07 Å². The van der Waals surface area contributed by atoms with Crippen molar-refractivity contribution in [1.29, 1.82) is 5.26 Å². The monoisotopic (exact) mass is 348 g/mol. The van der Waals surface area contributed by atoms with Crippen LogP contribution in [-0.2, 0) is 4.79 Å². The summed E-state index contributed by atoms with van der Waals surface area (Å²) in [4.78, 5) is 13.7. The van der Waals surface area contributed by atoms with Crippen LogP contribution < -0.4 is 4.90 Å². The van der Waals surface area contributed by atoms with Gasteiger partial charge >= 0.3 is 5.97 Å². The van der Waals surface area contributed by atoms with Gasteiger partial charge in [0, 0.05) is 10.5 Å². The van der Waals surface area contributed by atoms with E-state index >= 15 is 0 Å². The Kier molecular flexibility index (Phi) is 3.90. The van der Waals surface area contributed by atoms with Crippen LogP contribution in [0.4, 0.5) is 5.69 Å². The smallest absolute Gasteiger partial charge is 0.326 e. The van der Waals surface area contributed by atoms with Crippen LogP contribution in [0.1, 0.15) is 37.7 Å². The van der Waals surface area contributed by atoms with Crippen LogP contribution in [0, 0.1) is 17.2 Å². The second-order valence-corrected chi connectivity index (χ2v) is 6.74. The van der Waals surface area contributed by atoms with E-state index in [1.54, 1.807) is 12.1 Å². The summed E-state index contributed by atoms with van der Waals surface area (Å²) < 4.78 is 0.805. The van der Waals surface area contributed by atoms with Crippen LogP contribution in [0.25, 0.3) is 0 Å². The number of carboxylic acids is 1. The average molecular weight is 349 g/mol. The third kappa shape index (κ3) is 2.53. The molecule has 110 valence electrons. The Morgan fingerprint density at radius 1 is 1.38 bits per heavy atom. The summed E-state index contributed by atoms with van der Waals surface area (Å²) in [6.07, 6.45) is 5.28. The van der Waals surface area contributed by atoms with Crippen LogP contribution in [0.2, 0.25) is 0 Å². The van der Waals surface area contributed by atoms with Crippen molar-refractivity contribution in [2.45, 2.75) is 44.2 Å². The first-order chi connectivity index (χ1) is 10.1. The average Bonchev–Trinajstić information content (AvgIpc) is 2.86.